The minimum Gasteiger partial charge on any atom is -0.377 e. The molecule has 0 radical (unpaired) electrons. The molecule has 1 aliphatic heterocycles. The Kier molecular flexibility index (Phi) is 6.42. The van der Waals surface area contributed by atoms with E-state index in [2.05, 4.69) is 0 Å². The van der Waals surface area contributed by atoms with Crippen LogP contribution in [0, 0.1) is 0 Å². The molecule has 7 nitrogen and oxygen atoms in total. The number of hydrogen-bond acceptors (Lipinski definition) is 6. The van der Waals surface area contributed by atoms with Crippen LogP contribution < -0.4 is 0 Å². The molecule has 0 saturated carbocycles. The van der Waals surface area contributed by atoms with Crippen molar-refractivity contribution in [2.75, 3.05) is 34.4 Å². The summed E-state index contributed by atoms with van der Waals surface area (Å²) < 4.78 is 38.3. The van der Waals surface area contributed by atoms with Gasteiger partial charge in [-0.1, -0.05) is 0 Å². The second-order valence-electron chi connectivity index (χ2n) is 4.54. The van der Waals surface area contributed by atoms with Crippen LogP contribution in [0.3, 0.4) is 0 Å². The highest BCUT2D eigenvalue weighted by atomic mass is 35.7. The molecule has 0 aromatic rings. The summed E-state index contributed by atoms with van der Waals surface area (Å²) in [7, 11) is 3.52. The summed E-state index contributed by atoms with van der Waals surface area (Å²) in [5.74, 6) is -0.196. The third-order valence-electron chi connectivity index (χ3n) is 3.42. The number of likely N-dealkylation sites (tertiary alicyclic amines) is 1. The van der Waals surface area contributed by atoms with Gasteiger partial charge in [0.05, 0.1) is 0 Å². The topological polar surface area (TPSA) is 82.1 Å². The molecule has 1 saturated heterocycles. The van der Waals surface area contributed by atoms with Gasteiger partial charge in [0.2, 0.25) is 15.0 Å². The van der Waals surface area contributed by atoms with Crippen LogP contribution in [-0.2, 0) is 27.1 Å². The van der Waals surface area contributed by atoms with Gasteiger partial charge in [-0.15, -0.1) is 0 Å². The van der Waals surface area contributed by atoms with Crippen molar-refractivity contribution in [2.24, 2.45) is 0 Å². The molecule has 1 amide bonds. The quantitative estimate of drug-likeness (QED) is 0.468. The van der Waals surface area contributed by atoms with Crippen LogP contribution in [0.15, 0.2) is 0 Å². The average molecular weight is 346 g/mol. The lowest BCUT2D eigenvalue weighted by Crippen LogP contribution is -2.43. The molecule has 0 N–H and O–H groups in total. The van der Waals surface area contributed by atoms with E-state index in [1.807, 2.05) is 0 Å². The van der Waals surface area contributed by atoms with Crippen LogP contribution in [0.5, 0.6) is 0 Å². The van der Waals surface area contributed by atoms with Crippen molar-refractivity contribution in [2.45, 2.75) is 24.1 Å². The Bertz CT molecular complexity index is 433. The fourth-order valence-corrected chi connectivity index (χ4v) is 4.94. The number of carbonyl (C=O) groups is 1. The third-order valence-corrected chi connectivity index (χ3v) is 8.12. The molecule has 1 heterocycles. The lowest BCUT2D eigenvalue weighted by Gasteiger charge is -2.25. The van der Waals surface area contributed by atoms with Gasteiger partial charge in [0.15, 0.2) is 0 Å². The molecule has 118 valence electrons. The lowest BCUT2D eigenvalue weighted by molar-refractivity contribution is -0.127. The van der Waals surface area contributed by atoms with Gasteiger partial charge < -0.3 is 18.2 Å². The van der Waals surface area contributed by atoms with E-state index in [0.717, 1.165) is 0 Å². The molecular formula is C10H20ClNO6SSi. The van der Waals surface area contributed by atoms with Crippen molar-refractivity contribution < 1.29 is 26.5 Å². The van der Waals surface area contributed by atoms with Gasteiger partial charge in [-0.2, -0.15) is 0 Å². The normalized spacial score (nSPS) is 20.7. The first-order valence-corrected chi connectivity index (χ1v) is 10.4. The fraction of sp³-hybridized carbons (Fsp3) is 0.900. The van der Waals surface area contributed by atoms with E-state index in [-0.39, 0.29) is 18.9 Å². The molecule has 1 fully saturated rings. The van der Waals surface area contributed by atoms with E-state index in [0.29, 0.717) is 19.0 Å². The summed E-state index contributed by atoms with van der Waals surface area (Å²) in [5, 5.41) is -0.814. The molecule has 1 unspecified atom stereocenters. The second-order valence-corrected chi connectivity index (χ2v) is 10.5. The van der Waals surface area contributed by atoms with E-state index in [9.17, 15) is 13.2 Å². The Morgan fingerprint density at radius 2 is 1.85 bits per heavy atom. The Hall–Kier alpha value is -0.193. The maximum atomic E-state index is 11.7. The summed E-state index contributed by atoms with van der Waals surface area (Å²) in [6, 6.07) is 0.554. The molecule has 0 aliphatic carbocycles. The molecule has 1 atom stereocenters. The smallest absolute Gasteiger partial charge is 0.377 e. The van der Waals surface area contributed by atoms with E-state index in [4.69, 9.17) is 24.0 Å². The number of amides is 1. The predicted octanol–water partition coefficient (Wildman–Crippen LogP) is 0.424. The number of nitrogens with zero attached hydrogens (tertiary/aromatic N) is 1. The van der Waals surface area contributed by atoms with Gasteiger partial charge in [0.1, 0.15) is 5.25 Å². The average Bonchev–Trinajstić information content (AvgIpc) is 2.77. The number of hydrogen-bond donors (Lipinski definition) is 0. The van der Waals surface area contributed by atoms with Gasteiger partial charge in [0, 0.05) is 57.6 Å². The first-order valence-electron chi connectivity index (χ1n) is 6.14. The molecule has 20 heavy (non-hydrogen) atoms. The van der Waals surface area contributed by atoms with Crippen LogP contribution in [-0.4, -0.2) is 67.7 Å². The van der Waals surface area contributed by atoms with Gasteiger partial charge in [0.25, 0.3) is 0 Å². The van der Waals surface area contributed by atoms with E-state index >= 15 is 0 Å². The van der Waals surface area contributed by atoms with Gasteiger partial charge in [-0.05, 0) is 6.42 Å². The molecule has 10 heteroatoms. The van der Waals surface area contributed by atoms with Crippen molar-refractivity contribution in [3.05, 3.63) is 0 Å². The molecule has 0 aromatic carbocycles. The number of carbonyl (C=O) groups excluding carboxylic acids is 1. The third kappa shape index (κ3) is 4.40. The molecular weight excluding hydrogens is 326 g/mol. The molecule has 0 bridgehead atoms. The van der Waals surface area contributed by atoms with Crippen molar-refractivity contribution in [1.82, 2.24) is 4.90 Å². The van der Waals surface area contributed by atoms with Crippen LogP contribution in [0.4, 0.5) is 0 Å². The summed E-state index contributed by atoms with van der Waals surface area (Å²) in [6.45, 7) is 0.582. The Balaban J connectivity index is 2.49. The maximum absolute atomic E-state index is 11.7. The highest BCUT2D eigenvalue weighted by Gasteiger charge is 2.39. The molecule has 1 rings (SSSR count). The maximum Gasteiger partial charge on any atom is 0.500 e. The second kappa shape index (κ2) is 7.19. The number of rotatable bonds is 8. The summed E-state index contributed by atoms with van der Waals surface area (Å²) in [6.07, 6.45) is 0.565. The van der Waals surface area contributed by atoms with Crippen molar-refractivity contribution >= 4 is 34.4 Å². The Morgan fingerprint density at radius 3 is 2.25 bits per heavy atom. The Morgan fingerprint density at radius 1 is 1.30 bits per heavy atom. The van der Waals surface area contributed by atoms with Crippen LogP contribution in [0.2, 0.25) is 6.04 Å². The monoisotopic (exact) mass is 345 g/mol. The van der Waals surface area contributed by atoms with Crippen molar-refractivity contribution in [3.63, 3.8) is 0 Å². The molecule has 0 spiro atoms. The van der Waals surface area contributed by atoms with Crippen LogP contribution in [0.25, 0.3) is 0 Å². The standard InChI is InChI=1S/C10H20ClNO6SSi/c1-16-20(17-2,18-3)6-4-5-12-8-9(7-10(12)13)19(11,14)15/h9H,4-8H2,1-3H3. The zero-order valence-electron chi connectivity index (χ0n) is 11.8. The molecule has 1 aliphatic rings. The van der Waals surface area contributed by atoms with Crippen molar-refractivity contribution in [3.8, 4) is 0 Å². The predicted molar refractivity (Wildman–Crippen MR) is 76.0 cm³/mol. The summed E-state index contributed by atoms with van der Waals surface area (Å²) in [4.78, 5) is 13.2. The largest absolute Gasteiger partial charge is 0.500 e. The number of halogens is 1. The highest BCUT2D eigenvalue weighted by Crippen LogP contribution is 2.22. The van der Waals surface area contributed by atoms with E-state index < -0.39 is 23.1 Å². The van der Waals surface area contributed by atoms with Crippen LogP contribution in [0.1, 0.15) is 12.8 Å². The van der Waals surface area contributed by atoms with Gasteiger partial charge >= 0.3 is 8.80 Å². The first kappa shape index (κ1) is 17.9. The Labute approximate surface area is 124 Å². The molecule has 0 aromatic heterocycles. The van der Waals surface area contributed by atoms with E-state index in [1.165, 1.54) is 26.2 Å². The van der Waals surface area contributed by atoms with Crippen molar-refractivity contribution in [1.29, 1.82) is 0 Å². The summed E-state index contributed by atoms with van der Waals surface area (Å²) >= 11 is 0. The van der Waals surface area contributed by atoms with Gasteiger partial charge in [-0.3, -0.25) is 4.79 Å². The minimum absolute atomic E-state index is 0.0484. The van der Waals surface area contributed by atoms with Gasteiger partial charge in [-0.25, -0.2) is 8.42 Å². The van der Waals surface area contributed by atoms with E-state index in [1.54, 1.807) is 0 Å². The highest BCUT2D eigenvalue weighted by molar-refractivity contribution is 8.14. The minimum atomic E-state index is -3.69. The van der Waals surface area contributed by atoms with Crippen LogP contribution >= 0.6 is 10.7 Å². The zero-order valence-corrected chi connectivity index (χ0v) is 14.4. The summed E-state index contributed by atoms with van der Waals surface area (Å²) in [5.41, 5.74) is 0. The zero-order chi connectivity index (χ0) is 15.4. The SMILES string of the molecule is CO[Si](CCCN1CC(S(=O)(=O)Cl)CC1=O)(OC)OC. The first-order chi connectivity index (χ1) is 9.28. The lowest BCUT2D eigenvalue weighted by atomic mass is 10.4. The fourth-order valence-electron chi connectivity index (χ4n) is 2.18.